The summed E-state index contributed by atoms with van der Waals surface area (Å²) >= 11 is 0. The van der Waals surface area contributed by atoms with Gasteiger partial charge in [0.1, 0.15) is 5.75 Å². The summed E-state index contributed by atoms with van der Waals surface area (Å²) in [7, 11) is 5.05. The summed E-state index contributed by atoms with van der Waals surface area (Å²) in [6.07, 6.45) is 3.48. The van der Waals surface area contributed by atoms with Crippen LogP contribution in [0.2, 0.25) is 0 Å². The molecule has 0 atom stereocenters. The molecule has 7 nitrogen and oxygen atoms in total. The van der Waals surface area contributed by atoms with Crippen molar-refractivity contribution in [3.63, 3.8) is 0 Å². The number of nitrogens with one attached hydrogen (secondary N) is 1. The zero-order valence-corrected chi connectivity index (χ0v) is 14.4. The first-order valence-electron chi connectivity index (χ1n) is 7.74. The fraction of sp³-hybridized carbons (Fsp3) is 0.412. The Morgan fingerprint density at radius 1 is 1.38 bits per heavy atom. The van der Waals surface area contributed by atoms with Crippen molar-refractivity contribution in [1.82, 2.24) is 19.8 Å². The molecule has 1 aromatic carbocycles. The quantitative estimate of drug-likeness (QED) is 0.801. The van der Waals surface area contributed by atoms with Crippen LogP contribution in [0, 0.1) is 0 Å². The zero-order chi connectivity index (χ0) is 17.4. The second-order valence-electron chi connectivity index (χ2n) is 5.44. The topological polar surface area (TPSA) is 68.6 Å². The van der Waals surface area contributed by atoms with E-state index in [1.54, 1.807) is 38.7 Å². The van der Waals surface area contributed by atoms with Crippen molar-refractivity contribution in [2.45, 2.75) is 19.6 Å². The molecule has 0 aliphatic rings. The average Bonchev–Trinajstić information content (AvgIpc) is 3.05. The standard InChI is InChI=1S/C17H24N4O3/c1-20(12-14-5-4-6-16(9-14)24-3)17(22)19-11-15-10-18-13-21(15)7-8-23-2/h4-6,9-10,13H,7-8,11-12H2,1-3H3,(H,19,22). The van der Waals surface area contributed by atoms with Crippen LogP contribution in [0.15, 0.2) is 36.8 Å². The molecule has 1 aromatic heterocycles. The fourth-order valence-corrected chi connectivity index (χ4v) is 2.30. The SMILES string of the molecule is COCCn1cncc1CNC(=O)N(C)Cc1cccc(OC)c1. The Kier molecular flexibility index (Phi) is 6.62. The lowest BCUT2D eigenvalue weighted by Crippen LogP contribution is -2.36. The second kappa shape index (κ2) is 8.93. The van der Waals surface area contributed by atoms with E-state index in [0.29, 0.717) is 26.2 Å². The number of carbonyl (C=O) groups excluding carboxylic acids is 1. The van der Waals surface area contributed by atoms with E-state index in [1.807, 2.05) is 28.8 Å². The first-order chi connectivity index (χ1) is 11.6. The molecule has 1 N–H and O–H groups in total. The number of carbonyl (C=O) groups is 1. The van der Waals surface area contributed by atoms with Gasteiger partial charge >= 0.3 is 6.03 Å². The van der Waals surface area contributed by atoms with Crippen LogP contribution >= 0.6 is 0 Å². The van der Waals surface area contributed by atoms with Crippen LogP contribution in [0.4, 0.5) is 4.79 Å². The van der Waals surface area contributed by atoms with Gasteiger partial charge < -0.3 is 24.3 Å². The molecule has 0 aliphatic heterocycles. The first kappa shape index (κ1) is 17.8. The van der Waals surface area contributed by atoms with Gasteiger partial charge in [-0.15, -0.1) is 0 Å². The summed E-state index contributed by atoms with van der Waals surface area (Å²) in [6, 6.07) is 7.53. The molecule has 0 spiro atoms. The van der Waals surface area contributed by atoms with Gasteiger partial charge in [-0.3, -0.25) is 0 Å². The van der Waals surface area contributed by atoms with Crippen LogP contribution in [0.3, 0.4) is 0 Å². The molecule has 0 saturated heterocycles. The fourth-order valence-electron chi connectivity index (χ4n) is 2.30. The van der Waals surface area contributed by atoms with Crippen LogP contribution in [-0.4, -0.2) is 48.4 Å². The van der Waals surface area contributed by atoms with E-state index in [2.05, 4.69) is 10.3 Å². The van der Waals surface area contributed by atoms with Crippen molar-refractivity contribution in [2.24, 2.45) is 0 Å². The van der Waals surface area contributed by atoms with Crippen LogP contribution in [-0.2, 0) is 24.4 Å². The highest BCUT2D eigenvalue weighted by Gasteiger charge is 2.10. The van der Waals surface area contributed by atoms with E-state index in [4.69, 9.17) is 9.47 Å². The molecule has 7 heteroatoms. The van der Waals surface area contributed by atoms with Gasteiger partial charge in [0.25, 0.3) is 0 Å². The molecule has 0 unspecified atom stereocenters. The van der Waals surface area contributed by atoms with E-state index >= 15 is 0 Å². The maximum atomic E-state index is 12.3. The van der Waals surface area contributed by atoms with Crippen molar-refractivity contribution < 1.29 is 14.3 Å². The third kappa shape index (κ3) is 4.99. The van der Waals surface area contributed by atoms with E-state index in [1.165, 1.54) is 0 Å². The Morgan fingerprint density at radius 3 is 2.96 bits per heavy atom. The Labute approximate surface area is 142 Å². The molecule has 0 fully saturated rings. The molecular formula is C17H24N4O3. The zero-order valence-electron chi connectivity index (χ0n) is 14.4. The number of hydrogen-bond donors (Lipinski definition) is 1. The first-order valence-corrected chi connectivity index (χ1v) is 7.74. The molecule has 1 heterocycles. The van der Waals surface area contributed by atoms with Gasteiger partial charge in [-0.1, -0.05) is 12.1 Å². The number of nitrogens with zero attached hydrogens (tertiary/aromatic N) is 3. The highest BCUT2D eigenvalue weighted by atomic mass is 16.5. The number of methoxy groups -OCH3 is 2. The molecular weight excluding hydrogens is 308 g/mol. The summed E-state index contributed by atoms with van der Waals surface area (Å²) in [6.45, 7) is 2.24. The van der Waals surface area contributed by atoms with Crippen molar-refractivity contribution in [3.05, 3.63) is 48.0 Å². The molecule has 2 aromatic rings. The molecule has 2 rings (SSSR count). The smallest absolute Gasteiger partial charge is 0.317 e. The lowest BCUT2D eigenvalue weighted by Gasteiger charge is -2.18. The van der Waals surface area contributed by atoms with Gasteiger partial charge in [-0.2, -0.15) is 0 Å². The number of amides is 2. The highest BCUT2D eigenvalue weighted by molar-refractivity contribution is 5.73. The Hall–Kier alpha value is -2.54. The number of benzene rings is 1. The van der Waals surface area contributed by atoms with Crippen molar-refractivity contribution >= 4 is 6.03 Å². The lowest BCUT2D eigenvalue weighted by atomic mass is 10.2. The summed E-state index contributed by atoms with van der Waals surface area (Å²) in [4.78, 5) is 18.0. The summed E-state index contributed by atoms with van der Waals surface area (Å²) in [5, 5.41) is 2.90. The summed E-state index contributed by atoms with van der Waals surface area (Å²) < 4.78 is 12.2. The number of ether oxygens (including phenoxy) is 2. The van der Waals surface area contributed by atoms with Crippen molar-refractivity contribution in [3.8, 4) is 5.75 Å². The van der Waals surface area contributed by atoms with Gasteiger partial charge in [0.15, 0.2) is 0 Å². The number of hydrogen-bond acceptors (Lipinski definition) is 4. The molecule has 0 saturated carbocycles. The molecule has 0 radical (unpaired) electrons. The van der Waals surface area contributed by atoms with Crippen molar-refractivity contribution in [2.75, 3.05) is 27.9 Å². The maximum absolute atomic E-state index is 12.3. The van der Waals surface area contributed by atoms with E-state index in [9.17, 15) is 4.79 Å². The average molecular weight is 332 g/mol. The van der Waals surface area contributed by atoms with Crippen molar-refractivity contribution in [1.29, 1.82) is 0 Å². The summed E-state index contributed by atoms with van der Waals surface area (Å²) in [5.74, 6) is 0.781. The monoisotopic (exact) mass is 332 g/mol. The molecule has 0 aliphatic carbocycles. The molecule has 0 bridgehead atoms. The van der Waals surface area contributed by atoms with Gasteiger partial charge in [-0.25, -0.2) is 9.78 Å². The van der Waals surface area contributed by atoms with Crippen LogP contribution in [0.25, 0.3) is 0 Å². The van der Waals surface area contributed by atoms with Gasteiger partial charge in [-0.05, 0) is 17.7 Å². The largest absolute Gasteiger partial charge is 0.497 e. The number of imidazole rings is 1. The second-order valence-corrected chi connectivity index (χ2v) is 5.44. The predicted octanol–water partition coefficient (Wildman–Crippen LogP) is 1.88. The highest BCUT2D eigenvalue weighted by Crippen LogP contribution is 2.13. The minimum absolute atomic E-state index is 0.141. The third-order valence-corrected chi connectivity index (χ3v) is 3.66. The number of rotatable bonds is 8. The minimum Gasteiger partial charge on any atom is -0.497 e. The van der Waals surface area contributed by atoms with E-state index < -0.39 is 0 Å². The molecule has 24 heavy (non-hydrogen) atoms. The van der Waals surface area contributed by atoms with Crippen LogP contribution in [0.1, 0.15) is 11.3 Å². The normalized spacial score (nSPS) is 10.5. The van der Waals surface area contributed by atoms with Crippen LogP contribution in [0.5, 0.6) is 5.75 Å². The molecule has 2 amide bonds. The third-order valence-electron chi connectivity index (χ3n) is 3.66. The van der Waals surface area contributed by atoms with E-state index in [-0.39, 0.29) is 6.03 Å². The van der Waals surface area contributed by atoms with Gasteiger partial charge in [0, 0.05) is 33.4 Å². The maximum Gasteiger partial charge on any atom is 0.317 e. The Bertz CT molecular complexity index is 657. The van der Waals surface area contributed by atoms with Gasteiger partial charge in [0.2, 0.25) is 0 Å². The Morgan fingerprint density at radius 2 is 2.21 bits per heavy atom. The minimum atomic E-state index is -0.141. The van der Waals surface area contributed by atoms with Gasteiger partial charge in [0.05, 0.1) is 32.3 Å². The van der Waals surface area contributed by atoms with Crippen LogP contribution < -0.4 is 10.1 Å². The Balaban J connectivity index is 1.86. The number of aromatic nitrogens is 2. The summed E-state index contributed by atoms with van der Waals surface area (Å²) in [5.41, 5.74) is 1.95. The molecule has 130 valence electrons. The predicted molar refractivity (Wildman–Crippen MR) is 90.8 cm³/mol. The number of urea groups is 1. The van der Waals surface area contributed by atoms with E-state index in [0.717, 1.165) is 17.0 Å². The lowest BCUT2D eigenvalue weighted by molar-refractivity contribution is 0.186.